The molecule has 0 spiro atoms. The number of hydrogen-bond acceptors (Lipinski definition) is 6. The maximum absolute atomic E-state index is 4.49. The van der Waals surface area contributed by atoms with E-state index in [1.165, 1.54) is 4.88 Å². The standard InChI is InChI=1S/C13H14N6S/c1-3-14-12-16-11(10-6-5-9(2)20-10)17-13(18-12)19-8-4-7-15-19/h4-8H,3H2,1-2H3,(H,14,16,17,18). The van der Waals surface area contributed by atoms with Gasteiger partial charge in [-0.1, -0.05) is 0 Å². The summed E-state index contributed by atoms with van der Waals surface area (Å²) in [6.07, 6.45) is 3.51. The van der Waals surface area contributed by atoms with Gasteiger partial charge in [-0.25, -0.2) is 4.68 Å². The molecule has 0 aliphatic carbocycles. The van der Waals surface area contributed by atoms with Gasteiger partial charge in [0, 0.05) is 23.8 Å². The van der Waals surface area contributed by atoms with Gasteiger partial charge in [0.15, 0.2) is 5.82 Å². The van der Waals surface area contributed by atoms with Crippen molar-refractivity contribution in [1.82, 2.24) is 24.7 Å². The Morgan fingerprint density at radius 3 is 2.80 bits per heavy atom. The van der Waals surface area contributed by atoms with Crippen LogP contribution in [0.1, 0.15) is 11.8 Å². The molecule has 102 valence electrons. The number of aromatic nitrogens is 5. The molecule has 0 radical (unpaired) electrons. The smallest absolute Gasteiger partial charge is 0.255 e. The summed E-state index contributed by atoms with van der Waals surface area (Å²) in [7, 11) is 0. The van der Waals surface area contributed by atoms with Crippen LogP contribution in [0.2, 0.25) is 0 Å². The van der Waals surface area contributed by atoms with Crippen LogP contribution >= 0.6 is 11.3 Å². The lowest BCUT2D eigenvalue weighted by Gasteiger charge is -2.06. The van der Waals surface area contributed by atoms with Crippen LogP contribution in [0.3, 0.4) is 0 Å². The predicted octanol–water partition coefficient (Wildman–Crippen LogP) is 2.53. The molecule has 3 aromatic heterocycles. The van der Waals surface area contributed by atoms with Gasteiger partial charge in [0.1, 0.15) is 0 Å². The first-order chi connectivity index (χ1) is 9.76. The fourth-order valence-corrected chi connectivity index (χ4v) is 2.56. The quantitative estimate of drug-likeness (QED) is 0.798. The first kappa shape index (κ1) is 12.7. The van der Waals surface area contributed by atoms with E-state index in [1.54, 1.807) is 22.2 Å². The minimum Gasteiger partial charge on any atom is -0.354 e. The van der Waals surface area contributed by atoms with Crippen molar-refractivity contribution in [2.75, 3.05) is 11.9 Å². The molecule has 1 N–H and O–H groups in total. The molecule has 3 aromatic rings. The first-order valence-corrected chi connectivity index (χ1v) is 7.14. The van der Waals surface area contributed by atoms with Gasteiger partial charge in [-0.05, 0) is 32.0 Å². The van der Waals surface area contributed by atoms with Crippen LogP contribution in [-0.2, 0) is 0 Å². The van der Waals surface area contributed by atoms with Crippen molar-refractivity contribution in [3.8, 4) is 16.6 Å². The Morgan fingerprint density at radius 1 is 1.25 bits per heavy atom. The molecule has 0 fully saturated rings. The lowest BCUT2D eigenvalue weighted by molar-refractivity contribution is 0.799. The highest BCUT2D eigenvalue weighted by Gasteiger charge is 2.11. The van der Waals surface area contributed by atoms with Gasteiger partial charge in [-0.3, -0.25) is 0 Å². The molecule has 6 nitrogen and oxygen atoms in total. The Bertz CT molecular complexity index is 703. The number of rotatable bonds is 4. The van der Waals surface area contributed by atoms with Crippen molar-refractivity contribution in [2.45, 2.75) is 13.8 Å². The number of hydrogen-bond donors (Lipinski definition) is 1. The van der Waals surface area contributed by atoms with E-state index in [0.29, 0.717) is 17.7 Å². The molecule has 0 bridgehead atoms. The zero-order valence-corrected chi connectivity index (χ0v) is 12.1. The zero-order valence-electron chi connectivity index (χ0n) is 11.2. The highest BCUT2D eigenvalue weighted by atomic mass is 32.1. The summed E-state index contributed by atoms with van der Waals surface area (Å²) in [6.45, 7) is 4.83. The summed E-state index contributed by atoms with van der Waals surface area (Å²) in [6, 6.07) is 5.92. The van der Waals surface area contributed by atoms with Gasteiger partial charge in [-0.15, -0.1) is 11.3 Å². The zero-order chi connectivity index (χ0) is 13.9. The highest BCUT2D eigenvalue weighted by Crippen LogP contribution is 2.25. The first-order valence-electron chi connectivity index (χ1n) is 6.33. The van der Waals surface area contributed by atoms with E-state index in [0.717, 1.165) is 11.4 Å². The molecule has 3 heterocycles. The molecule has 20 heavy (non-hydrogen) atoms. The van der Waals surface area contributed by atoms with Crippen molar-refractivity contribution in [3.63, 3.8) is 0 Å². The number of anilines is 1. The summed E-state index contributed by atoms with van der Waals surface area (Å²) < 4.78 is 1.63. The molecule has 0 aromatic carbocycles. The predicted molar refractivity (Wildman–Crippen MR) is 79.2 cm³/mol. The SMILES string of the molecule is CCNc1nc(-c2ccc(C)s2)nc(-n2cccn2)n1. The van der Waals surface area contributed by atoms with Crippen LogP contribution < -0.4 is 5.32 Å². The van der Waals surface area contributed by atoms with Gasteiger partial charge in [0.2, 0.25) is 5.95 Å². The van der Waals surface area contributed by atoms with E-state index in [1.807, 2.05) is 25.3 Å². The van der Waals surface area contributed by atoms with E-state index in [2.05, 4.69) is 38.4 Å². The third-order valence-corrected chi connectivity index (χ3v) is 3.63. The van der Waals surface area contributed by atoms with E-state index >= 15 is 0 Å². The Hall–Kier alpha value is -2.28. The summed E-state index contributed by atoms with van der Waals surface area (Å²) in [5, 5.41) is 7.30. The largest absolute Gasteiger partial charge is 0.354 e. The van der Waals surface area contributed by atoms with Crippen molar-refractivity contribution < 1.29 is 0 Å². The molecular formula is C13H14N6S. The van der Waals surface area contributed by atoms with E-state index in [4.69, 9.17) is 0 Å². The maximum Gasteiger partial charge on any atom is 0.255 e. The number of nitrogens with one attached hydrogen (secondary N) is 1. The average molecular weight is 286 g/mol. The highest BCUT2D eigenvalue weighted by molar-refractivity contribution is 7.15. The van der Waals surface area contributed by atoms with E-state index in [-0.39, 0.29) is 0 Å². The van der Waals surface area contributed by atoms with Gasteiger partial charge in [0.05, 0.1) is 4.88 Å². The minimum atomic E-state index is 0.516. The number of nitrogens with zero attached hydrogens (tertiary/aromatic N) is 5. The van der Waals surface area contributed by atoms with Gasteiger partial charge in [0.25, 0.3) is 5.95 Å². The monoisotopic (exact) mass is 286 g/mol. The molecule has 0 aliphatic rings. The molecule has 0 saturated heterocycles. The Balaban J connectivity index is 2.09. The van der Waals surface area contributed by atoms with Crippen LogP contribution in [0.4, 0.5) is 5.95 Å². The van der Waals surface area contributed by atoms with E-state index < -0.39 is 0 Å². The molecule has 0 aliphatic heterocycles. The van der Waals surface area contributed by atoms with Crippen LogP contribution in [0, 0.1) is 6.92 Å². The second-order valence-electron chi connectivity index (χ2n) is 4.17. The second-order valence-corrected chi connectivity index (χ2v) is 5.46. The summed E-state index contributed by atoms with van der Waals surface area (Å²) in [5.41, 5.74) is 0. The van der Waals surface area contributed by atoms with Gasteiger partial charge >= 0.3 is 0 Å². The normalized spacial score (nSPS) is 10.7. The van der Waals surface area contributed by atoms with Crippen molar-refractivity contribution in [3.05, 3.63) is 35.5 Å². The van der Waals surface area contributed by atoms with E-state index in [9.17, 15) is 0 Å². The summed E-state index contributed by atoms with van der Waals surface area (Å²) in [4.78, 5) is 15.6. The van der Waals surface area contributed by atoms with Crippen molar-refractivity contribution >= 4 is 17.3 Å². The molecule has 7 heteroatoms. The van der Waals surface area contributed by atoms with Crippen molar-refractivity contribution in [2.24, 2.45) is 0 Å². The molecule has 0 saturated carbocycles. The topological polar surface area (TPSA) is 68.5 Å². The Kier molecular flexibility index (Phi) is 3.42. The number of thiophene rings is 1. The summed E-state index contributed by atoms with van der Waals surface area (Å²) in [5.74, 6) is 1.75. The maximum atomic E-state index is 4.49. The Labute approximate surface area is 120 Å². The fourth-order valence-electron chi connectivity index (χ4n) is 1.76. The second kappa shape index (κ2) is 5.38. The fraction of sp³-hybridized carbons (Fsp3) is 0.231. The van der Waals surface area contributed by atoms with Crippen molar-refractivity contribution in [1.29, 1.82) is 0 Å². The Morgan fingerprint density at radius 2 is 2.15 bits per heavy atom. The lowest BCUT2D eigenvalue weighted by Crippen LogP contribution is -2.09. The summed E-state index contributed by atoms with van der Waals surface area (Å²) >= 11 is 1.66. The average Bonchev–Trinajstić information content (AvgIpc) is 3.09. The number of aryl methyl sites for hydroxylation is 1. The van der Waals surface area contributed by atoms with Gasteiger partial charge < -0.3 is 5.32 Å². The van der Waals surface area contributed by atoms with Crippen LogP contribution in [0.5, 0.6) is 0 Å². The molecule has 0 unspecified atom stereocenters. The third kappa shape index (κ3) is 2.53. The molecule has 0 amide bonds. The van der Waals surface area contributed by atoms with Crippen LogP contribution in [0.25, 0.3) is 16.6 Å². The lowest BCUT2D eigenvalue weighted by atomic mass is 10.4. The van der Waals surface area contributed by atoms with Crippen LogP contribution in [0.15, 0.2) is 30.6 Å². The molecule has 3 rings (SSSR count). The van der Waals surface area contributed by atoms with Crippen LogP contribution in [-0.4, -0.2) is 31.3 Å². The van der Waals surface area contributed by atoms with Gasteiger partial charge in [-0.2, -0.15) is 20.1 Å². The molecular weight excluding hydrogens is 272 g/mol. The minimum absolute atomic E-state index is 0.516. The third-order valence-electron chi connectivity index (χ3n) is 2.63. The molecule has 0 atom stereocenters.